The van der Waals surface area contributed by atoms with Crippen LogP contribution >= 0.6 is 0 Å². The quantitative estimate of drug-likeness (QED) is 0.736. The van der Waals surface area contributed by atoms with Crippen LogP contribution in [0.5, 0.6) is 0 Å². The fourth-order valence-corrected chi connectivity index (χ4v) is 4.92. The van der Waals surface area contributed by atoms with Gasteiger partial charge in [-0.1, -0.05) is 39.5 Å². The standard InChI is InChI=1S/C21H37N3O2/c1-5-26-17-12-13-21(22-14-17,16-10-8-6-7-9-11-16)18-23-19(25)20(4,24-18)15(2)3/h15-17,22H,5-14H2,1-4H3,(H,23,24,25). The normalized spacial score (nSPS) is 36.7. The van der Waals surface area contributed by atoms with E-state index in [1.807, 2.05) is 6.92 Å². The van der Waals surface area contributed by atoms with E-state index >= 15 is 0 Å². The number of carbonyl (C=O) groups excluding carboxylic acids is 1. The number of carbonyl (C=O) groups is 1. The summed E-state index contributed by atoms with van der Waals surface area (Å²) < 4.78 is 5.86. The van der Waals surface area contributed by atoms with Crippen LogP contribution in [0.2, 0.25) is 0 Å². The molecule has 0 aromatic rings. The summed E-state index contributed by atoms with van der Waals surface area (Å²) in [6.07, 6.45) is 9.97. The molecule has 1 aliphatic carbocycles. The Morgan fingerprint density at radius 2 is 1.88 bits per heavy atom. The molecule has 0 aromatic heterocycles. The topological polar surface area (TPSA) is 62.7 Å². The Labute approximate surface area is 158 Å². The Kier molecular flexibility index (Phi) is 6.07. The molecule has 3 atom stereocenters. The average Bonchev–Trinajstić information content (AvgIpc) is 2.81. The third kappa shape index (κ3) is 3.57. The fourth-order valence-electron chi connectivity index (χ4n) is 4.92. The average molecular weight is 364 g/mol. The van der Waals surface area contributed by atoms with Gasteiger partial charge in [-0.3, -0.25) is 9.79 Å². The van der Waals surface area contributed by atoms with E-state index in [2.05, 4.69) is 31.4 Å². The smallest absolute Gasteiger partial charge is 0.253 e. The van der Waals surface area contributed by atoms with Gasteiger partial charge in [0.1, 0.15) is 11.4 Å². The van der Waals surface area contributed by atoms with E-state index in [0.717, 1.165) is 31.8 Å². The van der Waals surface area contributed by atoms with Gasteiger partial charge in [-0.05, 0) is 51.4 Å². The number of amidine groups is 1. The Bertz CT molecular complexity index is 529. The summed E-state index contributed by atoms with van der Waals surface area (Å²) in [6.45, 7) is 9.81. The van der Waals surface area contributed by atoms with E-state index in [1.54, 1.807) is 0 Å². The van der Waals surface area contributed by atoms with Gasteiger partial charge in [-0.15, -0.1) is 0 Å². The lowest BCUT2D eigenvalue weighted by atomic mass is 9.72. The van der Waals surface area contributed by atoms with Crippen LogP contribution in [-0.4, -0.2) is 42.1 Å². The van der Waals surface area contributed by atoms with Gasteiger partial charge in [0.2, 0.25) is 0 Å². The van der Waals surface area contributed by atoms with E-state index in [4.69, 9.17) is 9.73 Å². The predicted octanol–water partition coefficient (Wildman–Crippen LogP) is 3.43. The summed E-state index contributed by atoms with van der Waals surface area (Å²) in [4.78, 5) is 17.8. The number of rotatable bonds is 5. The van der Waals surface area contributed by atoms with Crippen molar-refractivity contribution in [2.45, 2.75) is 96.2 Å². The molecule has 2 N–H and O–H groups in total. The lowest BCUT2D eigenvalue weighted by Gasteiger charge is -2.46. The van der Waals surface area contributed by atoms with Crippen LogP contribution in [0.25, 0.3) is 0 Å². The first-order chi connectivity index (χ1) is 12.4. The molecular weight excluding hydrogens is 326 g/mol. The Balaban J connectivity index is 1.90. The highest BCUT2D eigenvalue weighted by Gasteiger charge is 2.52. The number of amides is 1. The van der Waals surface area contributed by atoms with Crippen molar-refractivity contribution in [3.05, 3.63) is 0 Å². The molecule has 1 saturated heterocycles. The molecule has 26 heavy (non-hydrogen) atoms. The second-order valence-electron chi connectivity index (χ2n) is 8.87. The van der Waals surface area contributed by atoms with Crippen molar-refractivity contribution >= 4 is 11.7 Å². The second-order valence-corrected chi connectivity index (χ2v) is 8.87. The zero-order valence-corrected chi connectivity index (χ0v) is 17.1. The van der Waals surface area contributed by atoms with E-state index in [1.165, 1.54) is 38.5 Å². The molecule has 2 fully saturated rings. The van der Waals surface area contributed by atoms with Crippen LogP contribution in [0.15, 0.2) is 4.99 Å². The van der Waals surface area contributed by atoms with Gasteiger partial charge < -0.3 is 15.4 Å². The van der Waals surface area contributed by atoms with Gasteiger partial charge >= 0.3 is 0 Å². The SMILES string of the molecule is CCOC1CCC(C2=NC(C)(C(C)C)C(=O)N2)(C2CCCCCC2)NC1. The molecular formula is C21H37N3O2. The molecule has 5 nitrogen and oxygen atoms in total. The van der Waals surface area contributed by atoms with Gasteiger partial charge in [0.05, 0.1) is 11.6 Å². The highest BCUT2D eigenvalue weighted by atomic mass is 16.5. The highest BCUT2D eigenvalue weighted by molar-refractivity contribution is 6.12. The summed E-state index contributed by atoms with van der Waals surface area (Å²) in [5.74, 6) is 1.69. The minimum atomic E-state index is -0.647. The van der Waals surface area contributed by atoms with Crippen LogP contribution in [0.4, 0.5) is 0 Å². The number of hydrogen-bond acceptors (Lipinski definition) is 4. The molecule has 1 saturated carbocycles. The summed E-state index contributed by atoms with van der Waals surface area (Å²) in [7, 11) is 0. The third-order valence-corrected chi connectivity index (χ3v) is 7.04. The molecule has 1 amide bonds. The van der Waals surface area contributed by atoms with Crippen molar-refractivity contribution < 1.29 is 9.53 Å². The second kappa shape index (κ2) is 7.97. The van der Waals surface area contributed by atoms with Gasteiger partial charge in [-0.25, -0.2) is 0 Å². The van der Waals surface area contributed by atoms with E-state index in [0.29, 0.717) is 5.92 Å². The molecule has 5 heteroatoms. The van der Waals surface area contributed by atoms with Gasteiger partial charge in [0, 0.05) is 13.2 Å². The Morgan fingerprint density at radius 1 is 1.19 bits per heavy atom. The first-order valence-electron chi connectivity index (χ1n) is 10.7. The Hall–Kier alpha value is -0.940. The van der Waals surface area contributed by atoms with Crippen molar-refractivity contribution in [2.75, 3.05) is 13.2 Å². The maximum absolute atomic E-state index is 12.8. The third-order valence-electron chi connectivity index (χ3n) is 7.04. The first kappa shape index (κ1) is 19.8. The molecule has 3 aliphatic rings. The summed E-state index contributed by atoms with van der Waals surface area (Å²) in [5.41, 5.74) is -0.842. The van der Waals surface area contributed by atoms with Crippen molar-refractivity contribution in [3.8, 4) is 0 Å². The number of piperidine rings is 1. The zero-order chi connectivity index (χ0) is 18.8. The summed E-state index contributed by atoms with van der Waals surface area (Å²) in [6, 6.07) is 0. The van der Waals surface area contributed by atoms with Gasteiger partial charge in [0.15, 0.2) is 0 Å². The van der Waals surface area contributed by atoms with E-state index in [-0.39, 0.29) is 23.5 Å². The number of nitrogens with zero attached hydrogens (tertiary/aromatic N) is 1. The monoisotopic (exact) mass is 363 g/mol. The Morgan fingerprint density at radius 3 is 2.38 bits per heavy atom. The van der Waals surface area contributed by atoms with E-state index < -0.39 is 5.54 Å². The van der Waals surface area contributed by atoms with E-state index in [9.17, 15) is 4.79 Å². The van der Waals surface area contributed by atoms with Gasteiger partial charge in [-0.2, -0.15) is 0 Å². The summed E-state index contributed by atoms with van der Waals surface area (Å²) in [5, 5.41) is 7.04. The van der Waals surface area contributed by atoms with Crippen LogP contribution in [-0.2, 0) is 9.53 Å². The number of aliphatic imine (C=N–C) groups is 1. The molecule has 2 aliphatic heterocycles. The summed E-state index contributed by atoms with van der Waals surface area (Å²) >= 11 is 0. The molecule has 3 rings (SSSR count). The predicted molar refractivity (Wildman–Crippen MR) is 105 cm³/mol. The van der Waals surface area contributed by atoms with Crippen molar-refractivity contribution in [3.63, 3.8) is 0 Å². The van der Waals surface area contributed by atoms with Crippen LogP contribution in [0.3, 0.4) is 0 Å². The van der Waals surface area contributed by atoms with Gasteiger partial charge in [0.25, 0.3) is 5.91 Å². The highest BCUT2D eigenvalue weighted by Crippen LogP contribution is 2.40. The fraction of sp³-hybridized carbons (Fsp3) is 0.905. The molecule has 0 aromatic carbocycles. The molecule has 0 radical (unpaired) electrons. The number of nitrogens with one attached hydrogen (secondary N) is 2. The largest absolute Gasteiger partial charge is 0.377 e. The van der Waals surface area contributed by atoms with Crippen LogP contribution < -0.4 is 10.6 Å². The van der Waals surface area contributed by atoms with Crippen molar-refractivity contribution in [2.24, 2.45) is 16.8 Å². The minimum Gasteiger partial charge on any atom is -0.377 e. The maximum atomic E-state index is 12.8. The van der Waals surface area contributed by atoms with Crippen molar-refractivity contribution in [1.82, 2.24) is 10.6 Å². The maximum Gasteiger partial charge on any atom is 0.253 e. The van der Waals surface area contributed by atoms with Crippen LogP contribution in [0, 0.1) is 11.8 Å². The molecule has 0 bridgehead atoms. The zero-order valence-electron chi connectivity index (χ0n) is 17.1. The van der Waals surface area contributed by atoms with Crippen molar-refractivity contribution in [1.29, 1.82) is 0 Å². The number of ether oxygens (including phenoxy) is 1. The lowest BCUT2D eigenvalue weighted by Crippen LogP contribution is -2.65. The minimum absolute atomic E-state index is 0.0595. The first-order valence-corrected chi connectivity index (χ1v) is 10.7. The molecule has 3 unspecified atom stereocenters. The molecule has 148 valence electrons. The molecule has 2 heterocycles. The lowest BCUT2D eigenvalue weighted by molar-refractivity contribution is -0.124. The number of hydrogen-bond donors (Lipinski definition) is 2. The van der Waals surface area contributed by atoms with Crippen LogP contribution in [0.1, 0.15) is 79.1 Å². The molecule has 0 spiro atoms.